The van der Waals surface area contributed by atoms with E-state index in [0.29, 0.717) is 0 Å². The molecule has 3 nitrogen and oxygen atoms in total. The predicted octanol–water partition coefficient (Wildman–Crippen LogP) is 6.74. The first-order valence-electron chi connectivity index (χ1n) is 10.0. The summed E-state index contributed by atoms with van der Waals surface area (Å²) >= 11 is 3.64. The highest BCUT2D eigenvalue weighted by atomic mass is 32.2. The van der Waals surface area contributed by atoms with Crippen molar-refractivity contribution >= 4 is 23.5 Å². The maximum absolute atomic E-state index is 4.55. The molecule has 0 amide bonds. The Hall–Kier alpha value is -2.50. The molecule has 0 N–H and O–H groups in total. The molecule has 152 valence electrons. The Bertz CT molecular complexity index is 1120. The Morgan fingerprint density at radius 2 is 1.47 bits per heavy atom. The summed E-state index contributed by atoms with van der Waals surface area (Å²) in [6.07, 6.45) is 0. The Balaban J connectivity index is 1.57. The SMILES string of the molecule is Cc1ccc(SCCSc2nnc(-c3ccccc3)n2-c2ccc(C)c(C)c2)cc1. The van der Waals surface area contributed by atoms with Gasteiger partial charge in [0.2, 0.25) is 0 Å². The number of aromatic nitrogens is 3. The summed E-state index contributed by atoms with van der Waals surface area (Å²) in [4.78, 5) is 1.31. The van der Waals surface area contributed by atoms with E-state index in [1.54, 1.807) is 11.8 Å². The van der Waals surface area contributed by atoms with E-state index in [1.165, 1.54) is 21.6 Å². The van der Waals surface area contributed by atoms with Crippen molar-refractivity contribution in [2.24, 2.45) is 0 Å². The van der Waals surface area contributed by atoms with E-state index < -0.39 is 0 Å². The lowest BCUT2D eigenvalue weighted by Gasteiger charge is -2.12. The second kappa shape index (κ2) is 9.54. The van der Waals surface area contributed by atoms with Crippen LogP contribution < -0.4 is 0 Å². The summed E-state index contributed by atoms with van der Waals surface area (Å²) in [7, 11) is 0. The Morgan fingerprint density at radius 1 is 0.733 bits per heavy atom. The second-order valence-corrected chi connectivity index (χ2v) is 9.52. The van der Waals surface area contributed by atoms with Gasteiger partial charge in [-0.3, -0.25) is 4.57 Å². The molecule has 5 heteroatoms. The summed E-state index contributed by atoms with van der Waals surface area (Å²) in [5.74, 6) is 2.87. The highest BCUT2D eigenvalue weighted by Crippen LogP contribution is 2.30. The van der Waals surface area contributed by atoms with Gasteiger partial charge in [0.05, 0.1) is 5.69 Å². The largest absolute Gasteiger partial charge is 0.270 e. The molecule has 1 aromatic heterocycles. The van der Waals surface area contributed by atoms with Gasteiger partial charge >= 0.3 is 0 Å². The van der Waals surface area contributed by atoms with Gasteiger partial charge in [-0.05, 0) is 56.2 Å². The summed E-state index contributed by atoms with van der Waals surface area (Å²) in [6, 6.07) is 25.5. The average Bonchev–Trinajstić information content (AvgIpc) is 3.19. The van der Waals surface area contributed by atoms with Crippen molar-refractivity contribution in [2.45, 2.75) is 30.8 Å². The van der Waals surface area contributed by atoms with Crippen LogP contribution in [0.3, 0.4) is 0 Å². The summed E-state index contributed by atoms with van der Waals surface area (Å²) < 4.78 is 2.18. The van der Waals surface area contributed by atoms with Crippen LogP contribution in [-0.2, 0) is 0 Å². The number of aryl methyl sites for hydroxylation is 3. The third-order valence-corrected chi connectivity index (χ3v) is 7.22. The van der Waals surface area contributed by atoms with Crippen LogP contribution in [0.5, 0.6) is 0 Å². The lowest BCUT2D eigenvalue weighted by atomic mass is 10.1. The standard InChI is InChI=1S/C25H25N3S2/c1-18-9-13-23(14-10-18)29-15-16-30-25-27-26-24(21-7-5-4-6-8-21)28(25)22-12-11-19(2)20(3)17-22/h4-14,17H,15-16H2,1-3H3. The van der Waals surface area contributed by atoms with Gasteiger partial charge in [0.15, 0.2) is 11.0 Å². The molecule has 0 fully saturated rings. The zero-order valence-corrected chi connectivity index (χ0v) is 19.1. The second-order valence-electron chi connectivity index (χ2n) is 7.29. The maximum atomic E-state index is 4.55. The van der Waals surface area contributed by atoms with Gasteiger partial charge in [0.25, 0.3) is 0 Å². The van der Waals surface area contributed by atoms with Crippen LogP contribution >= 0.6 is 23.5 Å². The zero-order valence-electron chi connectivity index (χ0n) is 17.5. The lowest BCUT2D eigenvalue weighted by Crippen LogP contribution is -2.01. The van der Waals surface area contributed by atoms with Crippen LogP contribution in [0.4, 0.5) is 0 Å². The van der Waals surface area contributed by atoms with Gasteiger partial charge in [-0.15, -0.1) is 22.0 Å². The highest BCUT2D eigenvalue weighted by molar-refractivity contribution is 8.02. The molecule has 0 bridgehead atoms. The third-order valence-electron chi connectivity index (χ3n) is 5.02. The first-order valence-corrected chi connectivity index (χ1v) is 12.0. The smallest absolute Gasteiger partial charge is 0.196 e. The van der Waals surface area contributed by atoms with Crippen LogP contribution in [0.25, 0.3) is 17.1 Å². The fourth-order valence-electron chi connectivity index (χ4n) is 3.16. The van der Waals surface area contributed by atoms with Crippen molar-refractivity contribution in [3.63, 3.8) is 0 Å². The fraction of sp³-hybridized carbons (Fsp3) is 0.200. The van der Waals surface area contributed by atoms with Crippen molar-refractivity contribution in [3.05, 3.63) is 89.5 Å². The normalized spacial score (nSPS) is 11.0. The Morgan fingerprint density at radius 3 is 2.20 bits per heavy atom. The molecule has 0 unspecified atom stereocenters. The molecule has 0 saturated carbocycles. The van der Waals surface area contributed by atoms with Gasteiger partial charge in [-0.2, -0.15) is 0 Å². The van der Waals surface area contributed by atoms with Crippen molar-refractivity contribution in [3.8, 4) is 17.1 Å². The molecule has 4 aromatic rings. The van der Waals surface area contributed by atoms with E-state index in [9.17, 15) is 0 Å². The average molecular weight is 432 g/mol. The van der Waals surface area contributed by atoms with Crippen molar-refractivity contribution in [1.29, 1.82) is 0 Å². The Labute approximate surface area is 187 Å². The van der Waals surface area contributed by atoms with Gasteiger partial charge in [-0.25, -0.2) is 0 Å². The topological polar surface area (TPSA) is 30.7 Å². The van der Waals surface area contributed by atoms with E-state index in [1.807, 2.05) is 30.0 Å². The molecule has 0 saturated heterocycles. The van der Waals surface area contributed by atoms with Gasteiger partial charge < -0.3 is 0 Å². The van der Waals surface area contributed by atoms with Crippen molar-refractivity contribution in [2.75, 3.05) is 11.5 Å². The summed E-state index contributed by atoms with van der Waals surface area (Å²) in [6.45, 7) is 6.41. The molecule has 0 aliphatic heterocycles. The minimum absolute atomic E-state index is 0.882. The third kappa shape index (κ3) is 4.79. The quantitative estimate of drug-likeness (QED) is 0.239. The number of benzene rings is 3. The first kappa shape index (κ1) is 20.8. The van der Waals surface area contributed by atoms with Crippen molar-refractivity contribution in [1.82, 2.24) is 14.8 Å². The molecule has 0 aliphatic carbocycles. The zero-order chi connectivity index (χ0) is 20.9. The molecule has 1 heterocycles. The summed E-state index contributed by atoms with van der Waals surface area (Å²) in [5.41, 5.74) is 6.03. The fourth-order valence-corrected chi connectivity index (χ4v) is 5.00. The van der Waals surface area contributed by atoms with Gasteiger partial charge in [0, 0.05) is 22.0 Å². The van der Waals surface area contributed by atoms with Crippen LogP contribution in [0, 0.1) is 20.8 Å². The van der Waals surface area contributed by atoms with E-state index >= 15 is 0 Å². The minimum atomic E-state index is 0.882. The van der Waals surface area contributed by atoms with Crippen LogP contribution in [0.2, 0.25) is 0 Å². The molecule has 0 radical (unpaired) electrons. The van der Waals surface area contributed by atoms with Gasteiger partial charge in [0.1, 0.15) is 0 Å². The molecule has 0 spiro atoms. The molecule has 3 aromatic carbocycles. The van der Waals surface area contributed by atoms with E-state index in [0.717, 1.165) is 33.7 Å². The minimum Gasteiger partial charge on any atom is -0.270 e. The monoisotopic (exact) mass is 431 g/mol. The lowest BCUT2D eigenvalue weighted by molar-refractivity contribution is 0.885. The number of hydrogen-bond donors (Lipinski definition) is 0. The predicted molar refractivity (Wildman–Crippen MR) is 129 cm³/mol. The van der Waals surface area contributed by atoms with E-state index in [-0.39, 0.29) is 0 Å². The number of thioether (sulfide) groups is 2. The molecular formula is C25H25N3S2. The van der Waals surface area contributed by atoms with Crippen LogP contribution in [-0.4, -0.2) is 26.3 Å². The molecule has 0 aliphatic rings. The number of rotatable bonds is 7. The van der Waals surface area contributed by atoms with E-state index in [4.69, 9.17) is 0 Å². The summed E-state index contributed by atoms with van der Waals surface area (Å²) in [5, 5.41) is 10.0. The maximum Gasteiger partial charge on any atom is 0.196 e. The van der Waals surface area contributed by atoms with Crippen LogP contribution in [0.15, 0.2) is 82.8 Å². The molecule has 30 heavy (non-hydrogen) atoms. The molecule has 4 rings (SSSR count). The highest BCUT2D eigenvalue weighted by Gasteiger charge is 2.16. The molecular weight excluding hydrogens is 406 g/mol. The van der Waals surface area contributed by atoms with E-state index in [2.05, 4.69) is 90.1 Å². The van der Waals surface area contributed by atoms with Crippen molar-refractivity contribution < 1.29 is 0 Å². The first-order chi connectivity index (χ1) is 14.6. The molecule has 0 atom stereocenters. The van der Waals surface area contributed by atoms with Gasteiger partial charge in [-0.1, -0.05) is 65.9 Å². The number of nitrogens with zero attached hydrogens (tertiary/aromatic N) is 3. The van der Waals surface area contributed by atoms with Crippen LogP contribution in [0.1, 0.15) is 16.7 Å². The Kier molecular flexibility index (Phi) is 6.60. The number of hydrogen-bond acceptors (Lipinski definition) is 4.